The Bertz CT molecular complexity index is 664. The summed E-state index contributed by atoms with van der Waals surface area (Å²) in [6.45, 7) is 0. The Morgan fingerprint density at radius 3 is 2.57 bits per heavy atom. The molecule has 0 radical (unpaired) electrons. The highest BCUT2D eigenvalue weighted by Gasteiger charge is 2.17. The summed E-state index contributed by atoms with van der Waals surface area (Å²) < 4.78 is 23.7. The van der Waals surface area contributed by atoms with Crippen molar-refractivity contribution in [2.45, 2.75) is 12.3 Å². The molecule has 2 rings (SSSR count). The van der Waals surface area contributed by atoms with Gasteiger partial charge < -0.3 is 9.47 Å². The summed E-state index contributed by atoms with van der Waals surface area (Å²) >= 11 is 0. The zero-order valence-electron chi connectivity index (χ0n) is 12.0. The fourth-order valence-electron chi connectivity index (χ4n) is 2.23. The molecule has 2 aromatic rings. The predicted octanol–water partition coefficient (Wildman–Crippen LogP) is 3.69. The first kappa shape index (κ1) is 14.9. The summed E-state index contributed by atoms with van der Waals surface area (Å²) in [7, 11) is 3.12. The van der Waals surface area contributed by atoms with Gasteiger partial charge in [-0.2, -0.15) is 5.26 Å². The predicted molar refractivity (Wildman–Crippen MR) is 78.0 cm³/mol. The standard InChI is InChI=1S/C17H16FNO2/c1-20-15-6-7-16(17(10-15)21-2)13(11-19)8-12-4-3-5-14(18)9-12/h3-7,9-10,13H,8H2,1-2H3. The Hall–Kier alpha value is -2.54. The molecule has 1 atom stereocenters. The van der Waals surface area contributed by atoms with E-state index in [-0.39, 0.29) is 5.82 Å². The van der Waals surface area contributed by atoms with Crippen molar-refractivity contribution in [1.82, 2.24) is 0 Å². The maximum Gasteiger partial charge on any atom is 0.127 e. The fraction of sp³-hybridized carbons (Fsp3) is 0.235. The normalized spacial score (nSPS) is 11.5. The summed E-state index contributed by atoms with van der Waals surface area (Å²) in [6, 6.07) is 13.9. The van der Waals surface area contributed by atoms with Crippen molar-refractivity contribution in [1.29, 1.82) is 5.26 Å². The van der Waals surface area contributed by atoms with Crippen molar-refractivity contribution in [2.24, 2.45) is 0 Å². The molecule has 0 N–H and O–H groups in total. The van der Waals surface area contributed by atoms with Crippen molar-refractivity contribution in [2.75, 3.05) is 14.2 Å². The zero-order valence-corrected chi connectivity index (χ0v) is 12.0. The van der Waals surface area contributed by atoms with Crippen LogP contribution >= 0.6 is 0 Å². The van der Waals surface area contributed by atoms with Crippen LogP contribution in [0.3, 0.4) is 0 Å². The molecule has 0 saturated carbocycles. The molecule has 0 spiro atoms. The molecular weight excluding hydrogens is 269 g/mol. The van der Waals surface area contributed by atoms with Crippen LogP contribution < -0.4 is 9.47 Å². The van der Waals surface area contributed by atoms with Crippen LogP contribution in [-0.4, -0.2) is 14.2 Å². The topological polar surface area (TPSA) is 42.2 Å². The van der Waals surface area contributed by atoms with Crippen LogP contribution in [0.2, 0.25) is 0 Å². The Morgan fingerprint density at radius 1 is 1.14 bits per heavy atom. The average Bonchev–Trinajstić information content (AvgIpc) is 2.52. The van der Waals surface area contributed by atoms with Crippen LogP contribution in [0.15, 0.2) is 42.5 Å². The first-order valence-electron chi connectivity index (χ1n) is 6.54. The van der Waals surface area contributed by atoms with Gasteiger partial charge in [0.25, 0.3) is 0 Å². The second-order valence-electron chi connectivity index (χ2n) is 4.62. The first-order chi connectivity index (χ1) is 10.2. The summed E-state index contributed by atoms with van der Waals surface area (Å²) in [5, 5.41) is 9.43. The van der Waals surface area contributed by atoms with E-state index in [9.17, 15) is 9.65 Å². The van der Waals surface area contributed by atoms with E-state index in [1.165, 1.54) is 12.1 Å². The van der Waals surface area contributed by atoms with Crippen molar-refractivity contribution < 1.29 is 13.9 Å². The molecule has 3 nitrogen and oxygen atoms in total. The molecule has 1 unspecified atom stereocenters. The van der Waals surface area contributed by atoms with E-state index in [0.29, 0.717) is 17.9 Å². The number of nitrogens with zero attached hydrogens (tertiary/aromatic N) is 1. The fourth-order valence-corrected chi connectivity index (χ4v) is 2.23. The molecule has 0 aliphatic carbocycles. The van der Waals surface area contributed by atoms with E-state index in [4.69, 9.17) is 9.47 Å². The molecule has 2 aromatic carbocycles. The maximum absolute atomic E-state index is 13.2. The van der Waals surface area contributed by atoms with Crippen LogP contribution in [0.25, 0.3) is 0 Å². The Kier molecular flexibility index (Phi) is 4.78. The van der Waals surface area contributed by atoms with Gasteiger partial charge in [-0.1, -0.05) is 18.2 Å². The molecule has 0 amide bonds. The number of benzene rings is 2. The molecule has 4 heteroatoms. The molecule has 0 aliphatic heterocycles. The summed E-state index contributed by atoms with van der Waals surface area (Å²) in [5.41, 5.74) is 1.55. The molecule has 0 heterocycles. The van der Waals surface area contributed by atoms with Crippen LogP contribution in [0, 0.1) is 17.1 Å². The maximum atomic E-state index is 13.2. The van der Waals surface area contributed by atoms with E-state index < -0.39 is 5.92 Å². The van der Waals surface area contributed by atoms with Gasteiger partial charge in [-0.05, 0) is 30.2 Å². The number of nitriles is 1. The zero-order chi connectivity index (χ0) is 15.2. The lowest BCUT2D eigenvalue weighted by atomic mass is 9.92. The number of hydrogen-bond donors (Lipinski definition) is 0. The SMILES string of the molecule is COc1ccc(C(C#N)Cc2cccc(F)c2)c(OC)c1. The van der Waals surface area contributed by atoms with E-state index in [0.717, 1.165) is 11.1 Å². The third-order valence-corrected chi connectivity index (χ3v) is 3.30. The highest BCUT2D eigenvalue weighted by molar-refractivity contribution is 5.45. The minimum Gasteiger partial charge on any atom is -0.497 e. The Balaban J connectivity index is 2.31. The third kappa shape index (κ3) is 3.51. The second-order valence-corrected chi connectivity index (χ2v) is 4.62. The van der Waals surface area contributed by atoms with Gasteiger partial charge in [-0.3, -0.25) is 0 Å². The van der Waals surface area contributed by atoms with Gasteiger partial charge in [0, 0.05) is 11.6 Å². The minimum absolute atomic E-state index is 0.300. The van der Waals surface area contributed by atoms with Gasteiger partial charge in [0.05, 0.1) is 26.2 Å². The highest BCUT2D eigenvalue weighted by Crippen LogP contribution is 2.32. The van der Waals surface area contributed by atoms with Gasteiger partial charge in [0.2, 0.25) is 0 Å². The number of ether oxygens (including phenoxy) is 2. The van der Waals surface area contributed by atoms with E-state index in [2.05, 4.69) is 6.07 Å². The van der Waals surface area contributed by atoms with Crippen LogP contribution in [-0.2, 0) is 6.42 Å². The summed E-state index contributed by atoms with van der Waals surface area (Å²) in [4.78, 5) is 0. The molecule has 0 bridgehead atoms. The van der Waals surface area contributed by atoms with Gasteiger partial charge in [-0.15, -0.1) is 0 Å². The summed E-state index contributed by atoms with van der Waals surface area (Å²) in [6.07, 6.45) is 0.428. The highest BCUT2D eigenvalue weighted by atomic mass is 19.1. The second kappa shape index (κ2) is 6.76. The Labute approximate surface area is 123 Å². The quantitative estimate of drug-likeness (QED) is 0.841. The molecule has 0 aromatic heterocycles. The third-order valence-electron chi connectivity index (χ3n) is 3.30. The van der Waals surface area contributed by atoms with Gasteiger partial charge >= 0.3 is 0 Å². The molecule has 108 valence electrons. The lowest BCUT2D eigenvalue weighted by molar-refractivity contribution is 0.390. The number of methoxy groups -OCH3 is 2. The van der Waals surface area contributed by atoms with Crippen molar-refractivity contribution in [3.63, 3.8) is 0 Å². The number of hydrogen-bond acceptors (Lipinski definition) is 3. The van der Waals surface area contributed by atoms with Gasteiger partial charge in [0.15, 0.2) is 0 Å². The number of rotatable bonds is 5. The van der Waals surface area contributed by atoms with E-state index >= 15 is 0 Å². The van der Waals surface area contributed by atoms with Crippen molar-refractivity contribution >= 4 is 0 Å². The van der Waals surface area contributed by atoms with Crippen LogP contribution in [0.4, 0.5) is 4.39 Å². The lowest BCUT2D eigenvalue weighted by Crippen LogP contribution is -2.03. The summed E-state index contributed by atoms with van der Waals surface area (Å²) in [5.74, 6) is 0.550. The first-order valence-corrected chi connectivity index (χ1v) is 6.54. The molecule has 21 heavy (non-hydrogen) atoms. The average molecular weight is 285 g/mol. The molecule has 0 saturated heterocycles. The Morgan fingerprint density at radius 2 is 1.95 bits per heavy atom. The van der Waals surface area contributed by atoms with E-state index in [1.807, 2.05) is 12.1 Å². The monoisotopic (exact) mass is 285 g/mol. The van der Waals surface area contributed by atoms with Crippen molar-refractivity contribution in [3.05, 3.63) is 59.4 Å². The molecule has 0 fully saturated rings. The number of halogens is 1. The largest absolute Gasteiger partial charge is 0.497 e. The smallest absolute Gasteiger partial charge is 0.127 e. The van der Waals surface area contributed by atoms with Crippen LogP contribution in [0.1, 0.15) is 17.0 Å². The van der Waals surface area contributed by atoms with Gasteiger partial charge in [0.1, 0.15) is 17.3 Å². The lowest BCUT2D eigenvalue weighted by Gasteiger charge is -2.15. The van der Waals surface area contributed by atoms with Crippen molar-refractivity contribution in [3.8, 4) is 17.6 Å². The molecule has 0 aliphatic rings. The van der Waals surface area contributed by atoms with E-state index in [1.54, 1.807) is 32.4 Å². The molecular formula is C17H16FNO2. The van der Waals surface area contributed by atoms with Crippen LogP contribution in [0.5, 0.6) is 11.5 Å². The minimum atomic E-state index is -0.410. The van der Waals surface area contributed by atoms with Gasteiger partial charge in [-0.25, -0.2) is 4.39 Å².